The van der Waals surface area contributed by atoms with Crippen LogP contribution in [-0.2, 0) is 13.1 Å². The van der Waals surface area contributed by atoms with E-state index in [1.54, 1.807) is 7.11 Å². The van der Waals surface area contributed by atoms with Gasteiger partial charge in [0.05, 0.1) is 7.11 Å². The van der Waals surface area contributed by atoms with Gasteiger partial charge >= 0.3 is 0 Å². The summed E-state index contributed by atoms with van der Waals surface area (Å²) < 4.78 is 6.55. The lowest BCUT2D eigenvalue weighted by Gasteiger charge is -2.32. The zero-order chi connectivity index (χ0) is 16.8. The summed E-state index contributed by atoms with van der Waals surface area (Å²) in [6.07, 6.45) is 2.40. The van der Waals surface area contributed by atoms with Gasteiger partial charge in [0, 0.05) is 29.2 Å². The number of nitrogens with zero attached hydrogens (tertiary/aromatic N) is 1. The van der Waals surface area contributed by atoms with Crippen molar-refractivity contribution in [3.8, 4) is 5.75 Å². The zero-order valence-corrected chi connectivity index (χ0v) is 18.2. The molecular formula is C20H27BrCl2N2O. The van der Waals surface area contributed by atoms with Crippen molar-refractivity contribution < 1.29 is 4.74 Å². The van der Waals surface area contributed by atoms with E-state index in [4.69, 9.17) is 4.74 Å². The SMILES string of the molecule is COc1ccc(Br)cc1CNC1CCN(Cc2ccccc2)CC1.Cl.Cl. The fourth-order valence-electron chi connectivity index (χ4n) is 3.28. The first-order chi connectivity index (χ1) is 11.7. The molecule has 0 unspecified atom stereocenters. The van der Waals surface area contributed by atoms with Crippen LogP contribution in [0.2, 0.25) is 0 Å². The van der Waals surface area contributed by atoms with Crippen molar-refractivity contribution in [1.29, 1.82) is 0 Å². The number of ether oxygens (including phenoxy) is 1. The number of rotatable bonds is 6. The Morgan fingerprint density at radius 3 is 2.42 bits per heavy atom. The van der Waals surface area contributed by atoms with Crippen LogP contribution < -0.4 is 10.1 Å². The predicted molar refractivity (Wildman–Crippen MR) is 117 cm³/mol. The van der Waals surface area contributed by atoms with Crippen LogP contribution in [0.4, 0.5) is 0 Å². The molecule has 0 radical (unpaired) electrons. The van der Waals surface area contributed by atoms with Gasteiger partial charge in [-0.3, -0.25) is 4.90 Å². The average Bonchev–Trinajstić information content (AvgIpc) is 2.62. The molecule has 3 rings (SSSR count). The van der Waals surface area contributed by atoms with Crippen molar-refractivity contribution in [2.75, 3.05) is 20.2 Å². The first-order valence-corrected chi connectivity index (χ1v) is 9.36. The molecule has 1 saturated heterocycles. The van der Waals surface area contributed by atoms with Gasteiger partial charge in [0.25, 0.3) is 0 Å². The van der Waals surface area contributed by atoms with Crippen molar-refractivity contribution in [2.24, 2.45) is 0 Å². The lowest BCUT2D eigenvalue weighted by Crippen LogP contribution is -2.41. The summed E-state index contributed by atoms with van der Waals surface area (Å²) in [5.41, 5.74) is 2.61. The molecule has 0 bridgehead atoms. The van der Waals surface area contributed by atoms with E-state index < -0.39 is 0 Å². The largest absolute Gasteiger partial charge is 0.496 e. The molecule has 6 heteroatoms. The van der Waals surface area contributed by atoms with Crippen molar-refractivity contribution >= 4 is 40.7 Å². The van der Waals surface area contributed by atoms with Crippen LogP contribution >= 0.6 is 40.7 Å². The molecule has 0 saturated carbocycles. The molecular weight excluding hydrogens is 435 g/mol. The Morgan fingerprint density at radius 2 is 1.77 bits per heavy atom. The third kappa shape index (κ3) is 6.75. The number of benzene rings is 2. The maximum Gasteiger partial charge on any atom is 0.123 e. The van der Waals surface area contributed by atoms with Crippen molar-refractivity contribution in [3.05, 3.63) is 64.1 Å². The van der Waals surface area contributed by atoms with Crippen LogP contribution in [0, 0.1) is 0 Å². The second-order valence-electron chi connectivity index (χ2n) is 6.37. The molecule has 1 heterocycles. The lowest BCUT2D eigenvalue weighted by atomic mass is 10.0. The van der Waals surface area contributed by atoms with E-state index in [0.717, 1.165) is 36.4 Å². The van der Waals surface area contributed by atoms with E-state index in [-0.39, 0.29) is 24.8 Å². The van der Waals surface area contributed by atoms with Gasteiger partial charge in [0.15, 0.2) is 0 Å². The van der Waals surface area contributed by atoms with Gasteiger partial charge in [-0.1, -0.05) is 46.3 Å². The minimum absolute atomic E-state index is 0. The van der Waals surface area contributed by atoms with Gasteiger partial charge in [-0.15, -0.1) is 24.8 Å². The van der Waals surface area contributed by atoms with Crippen LogP contribution in [0.1, 0.15) is 24.0 Å². The Balaban J connectivity index is 0.00000169. The molecule has 0 aromatic heterocycles. The first-order valence-electron chi connectivity index (χ1n) is 8.56. The topological polar surface area (TPSA) is 24.5 Å². The van der Waals surface area contributed by atoms with Crippen LogP contribution in [0.25, 0.3) is 0 Å². The van der Waals surface area contributed by atoms with Crippen LogP contribution in [0.3, 0.4) is 0 Å². The highest BCUT2D eigenvalue weighted by Gasteiger charge is 2.19. The van der Waals surface area contributed by atoms with E-state index in [1.165, 1.54) is 24.0 Å². The number of piperidine rings is 1. The Bertz CT molecular complexity index is 650. The molecule has 1 aliphatic heterocycles. The van der Waals surface area contributed by atoms with E-state index in [2.05, 4.69) is 62.5 Å². The van der Waals surface area contributed by atoms with Crippen molar-refractivity contribution in [3.63, 3.8) is 0 Å². The fourth-order valence-corrected chi connectivity index (χ4v) is 3.68. The van der Waals surface area contributed by atoms with Crippen LogP contribution in [-0.4, -0.2) is 31.1 Å². The monoisotopic (exact) mass is 460 g/mol. The smallest absolute Gasteiger partial charge is 0.123 e. The summed E-state index contributed by atoms with van der Waals surface area (Å²) in [4.78, 5) is 2.55. The maximum atomic E-state index is 5.45. The number of hydrogen-bond acceptors (Lipinski definition) is 3. The van der Waals surface area contributed by atoms with E-state index in [9.17, 15) is 0 Å². The van der Waals surface area contributed by atoms with Gasteiger partial charge in [-0.25, -0.2) is 0 Å². The molecule has 1 N–H and O–H groups in total. The molecule has 144 valence electrons. The summed E-state index contributed by atoms with van der Waals surface area (Å²) in [5.74, 6) is 0.951. The molecule has 2 aromatic rings. The third-order valence-corrected chi connectivity index (χ3v) is 5.15. The predicted octanol–water partition coefficient (Wildman–Crippen LogP) is 5.06. The number of methoxy groups -OCH3 is 1. The maximum absolute atomic E-state index is 5.45. The second-order valence-corrected chi connectivity index (χ2v) is 7.29. The Hall–Kier alpha value is -0.780. The average molecular weight is 462 g/mol. The quantitative estimate of drug-likeness (QED) is 0.650. The number of nitrogens with one attached hydrogen (secondary N) is 1. The fraction of sp³-hybridized carbons (Fsp3) is 0.400. The minimum atomic E-state index is 0. The summed E-state index contributed by atoms with van der Waals surface area (Å²) in [6.45, 7) is 4.23. The van der Waals surface area contributed by atoms with Gasteiger partial charge < -0.3 is 10.1 Å². The Kier molecular flexibility index (Phi) is 10.6. The number of hydrogen-bond donors (Lipinski definition) is 1. The Labute approximate surface area is 177 Å². The summed E-state index contributed by atoms with van der Waals surface area (Å²) in [5, 5.41) is 3.70. The molecule has 0 aliphatic carbocycles. The molecule has 3 nitrogen and oxygen atoms in total. The van der Waals surface area contributed by atoms with Gasteiger partial charge in [-0.2, -0.15) is 0 Å². The van der Waals surface area contributed by atoms with E-state index in [1.807, 2.05) is 12.1 Å². The van der Waals surface area contributed by atoms with Gasteiger partial charge in [-0.05, 0) is 49.7 Å². The molecule has 2 aromatic carbocycles. The van der Waals surface area contributed by atoms with E-state index in [0.29, 0.717) is 6.04 Å². The normalized spacial score (nSPS) is 15.0. The summed E-state index contributed by atoms with van der Waals surface area (Å²) in [7, 11) is 1.73. The van der Waals surface area contributed by atoms with E-state index >= 15 is 0 Å². The van der Waals surface area contributed by atoms with Crippen LogP contribution in [0.15, 0.2) is 53.0 Å². The summed E-state index contributed by atoms with van der Waals surface area (Å²) >= 11 is 3.54. The molecule has 0 amide bonds. The third-order valence-electron chi connectivity index (χ3n) is 4.66. The van der Waals surface area contributed by atoms with Gasteiger partial charge in [0.1, 0.15) is 5.75 Å². The first kappa shape index (κ1) is 23.3. The highest BCUT2D eigenvalue weighted by molar-refractivity contribution is 9.10. The Morgan fingerprint density at radius 1 is 1.08 bits per heavy atom. The number of likely N-dealkylation sites (tertiary alicyclic amines) is 1. The van der Waals surface area contributed by atoms with Gasteiger partial charge in [0.2, 0.25) is 0 Å². The molecule has 0 atom stereocenters. The zero-order valence-electron chi connectivity index (χ0n) is 15.0. The van der Waals surface area contributed by atoms with Crippen LogP contribution in [0.5, 0.6) is 5.75 Å². The molecule has 0 spiro atoms. The second kappa shape index (κ2) is 11.8. The number of halogens is 3. The highest BCUT2D eigenvalue weighted by Crippen LogP contribution is 2.23. The molecule has 1 fully saturated rings. The minimum Gasteiger partial charge on any atom is -0.496 e. The highest BCUT2D eigenvalue weighted by atomic mass is 79.9. The molecule has 1 aliphatic rings. The standard InChI is InChI=1S/C20H25BrN2O.2ClH/c1-24-20-8-7-18(21)13-17(20)14-22-19-9-11-23(12-10-19)15-16-5-3-2-4-6-16;;/h2-8,13,19,22H,9-12,14-15H2,1H3;2*1H. The van der Waals surface area contributed by atoms with Crippen molar-refractivity contribution in [1.82, 2.24) is 10.2 Å². The summed E-state index contributed by atoms with van der Waals surface area (Å²) in [6, 6.07) is 17.5. The molecule has 26 heavy (non-hydrogen) atoms. The lowest BCUT2D eigenvalue weighted by molar-refractivity contribution is 0.190. The van der Waals surface area contributed by atoms with Crippen molar-refractivity contribution in [2.45, 2.75) is 32.0 Å².